The lowest BCUT2D eigenvalue weighted by Crippen LogP contribution is -2.50. The number of nitrogens with one attached hydrogen (secondary N) is 3. The number of ether oxygens (including phenoxy) is 1. The minimum atomic E-state index is -0.550. The Bertz CT molecular complexity index is 1190. The number of nitrogens with zero attached hydrogens (tertiary/aromatic N) is 4. The molecule has 1 amide bonds. The summed E-state index contributed by atoms with van der Waals surface area (Å²) in [5.41, 5.74) is 1.67. The first-order valence-electron chi connectivity index (χ1n) is 12.1. The molecule has 2 atom stereocenters. The van der Waals surface area contributed by atoms with Gasteiger partial charge in [-0.25, -0.2) is 9.78 Å². The van der Waals surface area contributed by atoms with E-state index in [9.17, 15) is 4.79 Å². The van der Waals surface area contributed by atoms with Gasteiger partial charge in [0.1, 0.15) is 5.60 Å². The summed E-state index contributed by atoms with van der Waals surface area (Å²) in [6.07, 6.45) is 5.22. The number of imidazole rings is 1. The highest BCUT2D eigenvalue weighted by atomic mass is 35.5. The van der Waals surface area contributed by atoms with Crippen molar-refractivity contribution in [1.29, 1.82) is 0 Å². The Kier molecular flexibility index (Phi) is 7.35. The number of hydrogen-bond donors (Lipinski definition) is 3. The highest BCUT2D eigenvalue weighted by Crippen LogP contribution is 2.29. The third-order valence-electron chi connectivity index (χ3n) is 5.85. The molecule has 3 N–H and O–H groups in total. The SMILES string of the molecule is CC(C)n1cnc2c(Nc3cccc(Cl)c3)nc(N[C@H]3CCCC[C@H]3NC(=O)OC(C)(C)C)nc21. The summed E-state index contributed by atoms with van der Waals surface area (Å²) in [5.74, 6) is 1.07. The quantitative estimate of drug-likeness (QED) is 0.379. The summed E-state index contributed by atoms with van der Waals surface area (Å²) < 4.78 is 7.50. The van der Waals surface area contributed by atoms with Gasteiger partial charge in [-0.15, -0.1) is 0 Å². The van der Waals surface area contributed by atoms with Gasteiger partial charge in [0, 0.05) is 22.8 Å². The molecule has 3 aromatic rings. The molecule has 4 rings (SSSR count). The van der Waals surface area contributed by atoms with E-state index in [0.29, 0.717) is 22.3 Å². The maximum absolute atomic E-state index is 12.4. The average Bonchev–Trinajstić information content (AvgIpc) is 3.18. The standard InChI is InChI=1S/C25H34ClN7O2/c1-15(2)33-14-27-20-21(28-17-10-8-9-16(26)13-17)31-23(32-22(20)33)29-18-11-6-7-12-19(18)30-24(34)35-25(3,4)5/h8-10,13-15,18-19H,6-7,11-12H2,1-5H3,(H,30,34)(H2,28,29,31,32)/t18-,19+/m0/s1. The molecule has 0 spiro atoms. The van der Waals surface area contributed by atoms with Crippen molar-refractivity contribution in [2.24, 2.45) is 0 Å². The molecule has 0 unspecified atom stereocenters. The molecule has 1 aromatic carbocycles. The molecule has 2 heterocycles. The summed E-state index contributed by atoms with van der Waals surface area (Å²) in [6, 6.07) is 7.53. The number of benzene rings is 1. The number of aromatic nitrogens is 4. The van der Waals surface area contributed by atoms with Crippen LogP contribution in [0.2, 0.25) is 5.02 Å². The number of hydrogen-bond acceptors (Lipinski definition) is 7. The van der Waals surface area contributed by atoms with Crippen molar-refractivity contribution in [3.8, 4) is 0 Å². The van der Waals surface area contributed by atoms with Crippen LogP contribution < -0.4 is 16.0 Å². The highest BCUT2D eigenvalue weighted by Gasteiger charge is 2.29. The van der Waals surface area contributed by atoms with Gasteiger partial charge < -0.3 is 25.3 Å². The largest absolute Gasteiger partial charge is 0.444 e. The number of rotatable bonds is 6. The minimum absolute atomic E-state index is 0.0249. The van der Waals surface area contributed by atoms with Crippen LogP contribution in [0, 0.1) is 0 Å². The van der Waals surface area contributed by atoms with Crippen molar-refractivity contribution in [1.82, 2.24) is 24.8 Å². The zero-order chi connectivity index (χ0) is 25.2. The van der Waals surface area contributed by atoms with Crippen molar-refractivity contribution < 1.29 is 9.53 Å². The van der Waals surface area contributed by atoms with Gasteiger partial charge in [0.15, 0.2) is 17.0 Å². The van der Waals surface area contributed by atoms with Gasteiger partial charge in [-0.3, -0.25) is 0 Å². The lowest BCUT2D eigenvalue weighted by molar-refractivity contribution is 0.0488. The van der Waals surface area contributed by atoms with Crippen LogP contribution in [0.1, 0.15) is 66.3 Å². The van der Waals surface area contributed by atoms with Crippen LogP contribution in [0.4, 0.5) is 22.2 Å². The van der Waals surface area contributed by atoms with Crippen LogP contribution >= 0.6 is 11.6 Å². The molecular formula is C25H34ClN7O2. The molecule has 10 heteroatoms. The maximum Gasteiger partial charge on any atom is 0.407 e. The second kappa shape index (κ2) is 10.3. The lowest BCUT2D eigenvalue weighted by atomic mass is 9.90. The van der Waals surface area contributed by atoms with Crippen LogP contribution in [0.15, 0.2) is 30.6 Å². The Hall–Kier alpha value is -3.07. The van der Waals surface area contributed by atoms with Crippen LogP contribution in [-0.4, -0.2) is 43.3 Å². The summed E-state index contributed by atoms with van der Waals surface area (Å²) in [4.78, 5) is 26.6. The van der Waals surface area contributed by atoms with Crippen molar-refractivity contribution in [2.75, 3.05) is 10.6 Å². The highest BCUT2D eigenvalue weighted by molar-refractivity contribution is 6.30. The number of anilines is 3. The van der Waals surface area contributed by atoms with Gasteiger partial charge >= 0.3 is 6.09 Å². The summed E-state index contributed by atoms with van der Waals surface area (Å²) >= 11 is 6.18. The Balaban J connectivity index is 1.63. The van der Waals surface area contributed by atoms with Gasteiger partial charge in [-0.2, -0.15) is 9.97 Å². The summed E-state index contributed by atoms with van der Waals surface area (Å²) in [5, 5.41) is 10.5. The zero-order valence-electron chi connectivity index (χ0n) is 20.9. The third kappa shape index (κ3) is 6.33. The smallest absolute Gasteiger partial charge is 0.407 e. The monoisotopic (exact) mass is 499 g/mol. The zero-order valence-corrected chi connectivity index (χ0v) is 21.7. The van der Waals surface area contributed by atoms with Crippen LogP contribution in [0.3, 0.4) is 0 Å². The normalized spacial score (nSPS) is 18.5. The maximum atomic E-state index is 12.4. The van der Waals surface area contributed by atoms with Crippen LogP contribution in [0.25, 0.3) is 11.2 Å². The number of fused-ring (bicyclic) bond motifs is 1. The number of alkyl carbamates (subject to hydrolysis) is 1. The van der Waals surface area contributed by atoms with Crippen LogP contribution in [-0.2, 0) is 4.74 Å². The predicted molar refractivity (Wildman–Crippen MR) is 139 cm³/mol. The number of carbonyl (C=O) groups excluding carboxylic acids is 1. The van der Waals surface area contributed by atoms with E-state index >= 15 is 0 Å². The van der Waals surface area contributed by atoms with Gasteiger partial charge in [-0.1, -0.05) is 30.5 Å². The average molecular weight is 500 g/mol. The molecule has 1 fully saturated rings. The van der Waals surface area contributed by atoms with Gasteiger partial charge in [0.2, 0.25) is 5.95 Å². The number of amides is 1. The minimum Gasteiger partial charge on any atom is -0.444 e. The fourth-order valence-electron chi connectivity index (χ4n) is 4.25. The molecule has 1 aliphatic carbocycles. The topological polar surface area (TPSA) is 106 Å². The van der Waals surface area contributed by atoms with E-state index in [2.05, 4.69) is 34.8 Å². The first-order chi connectivity index (χ1) is 16.6. The number of halogens is 1. The van der Waals surface area contributed by atoms with Crippen molar-refractivity contribution in [3.05, 3.63) is 35.6 Å². The molecule has 0 bridgehead atoms. The Morgan fingerprint density at radius 3 is 2.60 bits per heavy atom. The van der Waals surface area contributed by atoms with Gasteiger partial charge in [0.05, 0.1) is 12.4 Å². The van der Waals surface area contributed by atoms with E-state index in [4.69, 9.17) is 26.3 Å². The molecule has 1 aliphatic rings. The molecule has 0 radical (unpaired) electrons. The van der Waals surface area contributed by atoms with E-state index in [0.717, 1.165) is 37.0 Å². The second-order valence-corrected chi connectivity index (χ2v) is 10.7. The first kappa shape index (κ1) is 25.0. The van der Waals surface area contributed by atoms with E-state index in [1.807, 2.05) is 49.6 Å². The molecule has 0 saturated heterocycles. The van der Waals surface area contributed by atoms with Gasteiger partial charge in [-0.05, 0) is 65.7 Å². The van der Waals surface area contributed by atoms with E-state index in [1.165, 1.54) is 0 Å². The first-order valence-corrected chi connectivity index (χ1v) is 12.5. The van der Waals surface area contributed by atoms with E-state index in [1.54, 1.807) is 6.33 Å². The van der Waals surface area contributed by atoms with Crippen molar-refractivity contribution in [2.45, 2.75) is 84.0 Å². The van der Waals surface area contributed by atoms with E-state index < -0.39 is 11.7 Å². The van der Waals surface area contributed by atoms with Crippen molar-refractivity contribution >= 4 is 46.3 Å². The lowest BCUT2D eigenvalue weighted by Gasteiger charge is -2.33. The second-order valence-electron chi connectivity index (χ2n) is 10.2. The molecule has 35 heavy (non-hydrogen) atoms. The molecule has 1 saturated carbocycles. The predicted octanol–water partition coefficient (Wildman–Crippen LogP) is 6.05. The van der Waals surface area contributed by atoms with Crippen molar-refractivity contribution in [3.63, 3.8) is 0 Å². The summed E-state index contributed by atoms with van der Waals surface area (Å²) in [7, 11) is 0. The Labute approximate surface area is 211 Å². The Morgan fingerprint density at radius 2 is 1.91 bits per heavy atom. The summed E-state index contributed by atoms with van der Waals surface area (Å²) in [6.45, 7) is 9.75. The Morgan fingerprint density at radius 1 is 1.17 bits per heavy atom. The molecule has 9 nitrogen and oxygen atoms in total. The molecular weight excluding hydrogens is 466 g/mol. The molecule has 0 aliphatic heterocycles. The number of carbonyl (C=O) groups is 1. The van der Waals surface area contributed by atoms with Gasteiger partial charge in [0.25, 0.3) is 0 Å². The fraction of sp³-hybridized carbons (Fsp3) is 0.520. The molecule has 2 aromatic heterocycles. The van der Waals surface area contributed by atoms with Crippen LogP contribution in [0.5, 0.6) is 0 Å². The molecule has 188 valence electrons. The van der Waals surface area contributed by atoms with E-state index in [-0.39, 0.29) is 18.1 Å². The third-order valence-corrected chi connectivity index (χ3v) is 6.08. The fourth-order valence-corrected chi connectivity index (χ4v) is 4.44.